The minimum atomic E-state index is -0.188. The van der Waals surface area contributed by atoms with Crippen molar-refractivity contribution in [2.24, 2.45) is 0 Å². The third kappa shape index (κ3) is 5.65. The fraction of sp³-hybridized carbons (Fsp3) is 0.348. The van der Waals surface area contributed by atoms with Crippen LogP contribution in [0.4, 0.5) is 0 Å². The van der Waals surface area contributed by atoms with Crippen molar-refractivity contribution in [2.45, 2.75) is 37.0 Å². The van der Waals surface area contributed by atoms with Gasteiger partial charge < -0.3 is 18.9 Å². The van der Waals surface area contributed by atoms with Gasteiger partial charge in [0, 0.05) is 43.1 Å². The summed E-state index contributed by atoms with van der Waals surface area (Å²) in [6, 6.07) is 13.3. The maximum absolute atomic E-state index is 13.2. The average molecular weight is 440 g/mol. The Hall–Kier alpha value is -2.84. The van der Waals surface area contributed by atoms with Crippen LogP contribution in [0.15, 0.2) is 64.3 Å². The van der Waals surface area contributed by atoms with E-state index in [4.69, 9.17) is 14.0 Å². The molecule has 7 nitrogen and oxygen atoms in total. The van der Waals surface area contributed by atoms with Crippen LogP contribution in [0.25, 0.3) is 0 Å². The van der Waals surface area contributed by atoms with E-state index in [-0.39, 0.29) is 24.3 Å². The Morgan fingerprint density at radius 1 is 1.26 bits per heavy atom. The molecular weight excluding hydrogens is 414 g/mol. The van der Waals surface area contributed by atoms with Crippen molar-refractivity contribution < 1.29 is 18.8 Å². The number of pyridine rings is 1. The van der Waals surface area contributed by atoms with E-state index in [0.29, 0.717) is 18.8 Å². The number of ether oxygens (including phenoxy) is 2. The molecule has 0 radical (unpaired) electrons. The summed E-state index contributed by atoms with van der Waals surface area (Å²) in [5.74, 6) is 1.09. The lowest BCUT2D eigenvalue weighted by molar-refractivity contribution is 0.0499. The molecule has 1 fully saturated rings. The van der Waals surface area contributed by atoms with E-state index in [9.17, 15) is 4.79 Å². The van der Waals surface area contributed by atoms with Crippen LogP contribution in [0.1, 0.15) is 34.7 Å². The van der Waals surface area contributed by atoms with Gasteiger partial charge >= 0.3 is 0 Å². The largest absolute Gasteiger partial charge is 0.484 e. The first-order valence-electron chi connectivity index (χ1n) is 10.2. The molecule has 1 aliphatic rings. The molecule has 3 heterocycles. The fourth-order valence-electron chi connectivity index (χ4n) is 3.49. The van der Waals surface area contributed by atoms with Gasteiger partial charge in [-0.2, -0.15) is 0 Å². The summed E-state index contributed by atoms with van der Waals surface area (Å²) in [4.78, 5) is 20.1. The molecular formula is C23H25N3O4S. The van der Waals surface area contributed by atoms with Crippen molar-refractivity contribution >= 4 is 17.7 Å². The highest BCUT2D eigenvalue weighted by molar-refractivity contribution is 7.98. The number of rotatable bonds is 9. The Morgan fingerprint density at radius 3 is 2.87 bits per heavy atom. The van der Waals surface area contributed by atoms with Crippen LogP contribution in [-0.4, -0.2) is 46.5 Å². The van der Waals surface area contributed by atoms with Crippen LogP contribution in [0, 0.1) is 0 Å². The molecule has 2 aromatic heterocycles. The van der Waals surface area contributed by atoms with Gasteiger partial charge in [0.15, 0.2) is 11.5 Å². The lowest BCUT2D eigenvalue weighted by Gasteiger charge is -2.24. The van der Waals surface area contributed by atoms with Crippen molar-refractivity contribution in [1.29, 1.82) is 0 Å². The Balaban J connectivity index is 1.44. The van der Waals surface area contributed by atoms with Gasteiger partial charge in [-0.25, -0.2) is 0 Å². The number of thioether (sulfide) groups is 1. The van der Waals surface area contributed by atoms with Gasteiger partial charge in [-0.3, -0.25) is 9.78 Å². The Bertz CT molecular complexity index is 989. The topological polar surface area (TPSA) is 77.7 Å². The molecule has 1 saturated heterocycles. The van der Waals surface area contributed by atoms with Crippen molar-refractivity contribution in [2.75, 3.05) is 19.4 Å². The SMILES string of the molecule is CSc1ccccc1OCc1cc(C(=O)N(Cc2ccncc2)C[C@H]2CCCO2)no1. The zero-order chi connectivity index (χ0) is 21.5. The number of benzene rings is 1. The normalized spacial score (nSPS) is 15.7. The van der Waals surface area contributed by atoms with Crippen molar-refractivity contribution in [3.05, 3.63) is 71.9 Å². The van der Waals surface area contributed by atoms with Gasteiger partial charge in [-0.05, 0) is 48.9 Å². The van der Waals surface area contributed by atoms with E-state index >= 15 is 0 Å². The van der Waals surface area contributed by atoms with Gasteiger partial charge in [-0.15, -0.1) is 11.8 Å². The number of para-hydroxylation sites is 1. The van der Waals surface area contributed by atoms with Crippen molar-refractivity contribution in [1.82, 2.24) is 15.0 Å². The Kier molecular flexibility index (Phi) is 7.22. The molecule has 31 heavy (non-hydrogen) atoms. The first-order chi connectivity index (χ1) is 15.2. The first kappa shape index (κ1) is 21.4. The van der Waals surface area contributed by atoms with E-state index in [1.54, 1.807) is 35.1 Å². The second kappa shape index (κ2) is 10.5. The lowest BCUT2D eigenvalue weighted by atomic mass is 10.2. The molecule has 1 aliphatic heterocycles. The lowest BCUT2D eigenvalue weighted by Crippen LogP contribution is -2.37. The molecule has 0 spiro atoms. The highest BCUT2D eigenvalue weighted by Crippen LogP contribution is 2.27. The minimum Gasteiger partial charge on any atom is -0.484 e. The average Bonchev–Trinajstić information content (AvgIpc) is 3.50. The van der Waals surface area contributed by atoms with Gasteiger partial charge in [0.2, 0.25) is 0 Å². The maximum atomic E-state index is 13.2. The third-order valence-electron chi connectivity index (χ3n) is 5.08. The predicted octanol–water partition coefficient (Wildman–Crippen LogP) is 4.19. The fourth-order valence-corrected chi connectivity index (χ4v) is 4.04. The molecule has 8 heteroatoms. The molecule has 1 atom stereocenters. The molecule has 162 valence electrons. The van der Waals surface area contributed by atoms with Gasteiger partial charge in [0.05, 0.1) is 6.10 Å². The third-order valence-corrected chi connectivity index (χ3v) is 5.85. The quantitative estimate of drug-likeness (QED) is 0.463. The summed E-state index contributed by atoms with van der Waals surface area (Å²) in [6.07, 6.45) is 7.46. The van der Waals surface area contributed by atoms with Crippen molar-refractivity contribution in [3.63, 3.8) is 0 Å². The highest BCUT2D eigenvalue weighted by Gasteiger charge is 2.26. The summed E-state index contributed by atoms with van der Waals surface area (Å²) in [6.45, 7) is 1.92. The number of hydrogen-bond acceptors (Lipinski definition) is 7. The summed E-state index contributed by atoms with van der Waals surface area (Å²) >= 11 is 1.61. The number of aromatic nitrogens is 2. The van der Waals surface area contributed by atoms with Crippen LogP contribution in [-0.2, 0) is 17.9 Å². The standard InChI is InChI=1S/C23H25N3O4S/c1-31-22-7-3-2-6-21(22)29-16-19-13-20(25-30-19)23(27)26(15-18-5-4-12-28-18)14-17-8-10-24-11-9-17/h2-3,6-11,13,18H,4-5,12,14-16H2,1H3/t18-/m1/s1. The first-order valence-corrected chi connectivity index (χ1v) is 11.5. The molecule has 1 aromatic carbocycles. The zero-order valence-corrected chi connectivity index (χ0v) is 18.2. The second-order valence-corrected chi connectivity index (χ2v) is 8.14. The summed E-state index contributed by atoms with van der Waals surface area (Å²) in [5.41, 5.74) is 1.27. The molecule has 0 bridgehead atoms. The van der Waals surface area contributed by atoms with E-state index in [0.717, 1.165) is 35.7 Å². The van der Waals surface area contributed by atoms with Crippen LogP contribution in [0.2, 0.25) is 0 Å². The van der Waals surface area contributed by atoms with Gasteiger partial charge in [0.25, 0.3) is 5.91 Å². The van der Waals surface area contributed by atoms with Crippen LogP contribution >= 0.6 is 11.8 Å². The van der Waals surface area contributed by atoms with Crippen LogP contribution in [0.5, 0.6) is 5.75 Å². The van der Waals surface area contributed by atoms with Crippen LogP contribution in [0.3, 0.4) is 0 Å². The minimum absolute atomic E-state index is 0.0449. The van der Waals surface area contributed by atoms with E-state index in [1.165, 1.54) is 0 Å². The number of hydrogen-bond donors (Lipinski definition) is 0. The molecule has 0 unspecified atom stereocenters. The molecule has 3 aromatic rings. The number of nitrogens with zero attached hydrogens (tertiary/aromatic N) is 3. The van der Waals surface area contributed by atoms with Gasteiger partial charge in [0.1, 0.15) is 12.4 Å². The summed E-state index contributed by atoms with van der Waals surface area (Å²) in [5, 5.41) is 4.00. The van der Waals surface area contributed by atoms with E-state index < -0.39 is 0 Å². The van der Waals surface area contributed by atoms with Crippen molar-refractivity contribution in [3.8, 4) is 5.75 Å². The predicted molar refractivity (Wildman–Crippen MR) is 117 cm³/mol. The number of carbonyl (C=O) groups is 1. The highest BCUT2D eigenvalue weighted by atomic mass is 32.2. The smallest absolute Gasteiger partial charge is 0.276 e. The second-order valence-electron chi connectivity index (χ2n) is 7.29. The van der Waals surface area contributed by atoms with E-state index in [2.05, 4.69) is 10.1 Å². The van der Waals surface area contributed by atoms with Gasteiger partial charge in [-0.1, -0.05) is 17.3 Å². The molecule has 0 saturated carbocycles. The maximum Gasteiger partial charge on any atom is 0.276 e. The zero-order valence-electron chi connectivity index (χ0n) is 17.4. The molecule has 0 aliphatic carbocycles. The molecule has 1 amide bonds. The summed E-state index contributed by atoms with van der Waals surface area (Å²) in [7, 11) is 0. The van der Waals surface area contributed by atoms with Crippen LogP contribution < -0.4 is 4.74 Å². The Labute approximate surface area is 185 Å². The number of amides is 1. The Morgan fingerprint density at radius 2 is 2.10 bits per heavy atom. The number of carbonyl (C=O) groups excluding carboxylic acids is 1. The molecule has 4 rings (SSSR count). The summed E-state index contributed by atoms with van der Waals surface area (Å²) < 4.78 is 17.0. The monoisotopic (exact) mass is 439 g/mol. The van der Waals surface area contributed by atoms with E-state index in [1.807, 2.05) is 42.7 Å². The molecule has 0 N–H and O–H groups in total.